The molecule has 3 nitrogen and oxygen atoms in total. The van der Waals surface area contributed by atoms with E-state index in [1.165, 1.54) is 19.2 Å². The summed E-state index contributed by atoms with van der Waals surface area (Å²) in [6.07, 6.45) is -3.81. The van der Waals surface area contributed by atoms with Crippen molar-refractivity contribution in [3.8, 4) is 5.75 Å². The van der Waals surface area contributed by atoms with Crippen LogP contribution in [-0.4, -0.2) is 18.8 Å². The summed E-state index contributed by atoms with van der Waals surface area (Å²) in [5.41, 5.74) is 4.96. The van der Waals surface area contributed by atoms with Gasteiger partial charge in [-0.1, -0.05) is 6.07 Å². The number of halogens is 4. The van der Waals surface area contributed by atoms with Gasteiger partial charge in [0.05, 0.1) is 12.7 Å². The van der Waals surface area contributed by atoms with Crippen LogP contribution in [0.2, 0.25) is 0 Å². The van der Waals surface area contributed by atoms with Crippen LogP contribution in [0.15, 0.2) is 18.2 Å². The molecule has 1 rings (SSSR count). The lowest BCUT2D eigenvalue weighted by atomic mass is 9.97. The summed E-state index contributed by atoms with van der Waals surface area (Å²) in [6.45, 7) is -0.0921. The molecular formula is C12H17ClF3NO2. The number of nitrogens with two attached hydrogens (primary N) is 1. The highest BCUT2D eigenvalue weighted by Crippen LogP contribution is 2.37. The predicted octanol–water partition coefficient (Wildman–Crippen LogP) is 2.91. The molecule has 0 amide bonds. The molecule has 0 bridgehead atoms. The number of rotatable bonds is 5. The zero-order valence-corrected chi connectivity index (χ0v) is 11.2. The predicted molar refractivity (Wildman–Crippen MR) is 68.5 cm³/mol. The van der Waals surface area contributed by atoms with Crippen LogP contribution in [0.4, 0.5) is 13.2 Å². The maximum absolute atomic E-state index is 12.9. The largest absolute Gasteiger partial charge is 0.497 e. The molecule has 0 aliphatic carbocycles. The second kappa shape index (κ2) is 7.57. The summed E-state index contributed by atoms with van der Waals surface area (Å²) in [7, 11) is 1.31. The third-order valence-electron chi connectivity index (χ3n) is 2.64. The first-order chi connectivity index (χ1) is 8.40. The standard InChI is InChI=1S/C12H16F3NO2.ClH/c1-18-8-4-5-9(11(16)3-2-6-17)10(7-8)12(13,14)15;/h4-5,7,11,17H,2-3,6,16H2,1H3;1H/t11-;/m0./s1. The fourth-order valence-corrected chi connectivity index (χ4v) is 1.70. The van der Waals surface area contributed by atoms with Gasteiger partial charge in [0, 0.05) is 12.6 Å². The molecule has 0 spiro atoms. The van der Waals surface area contributed by atoms with Crippen molar-refractivity contribution in [3.63, 3.8) is 0 Å². The number of hydrogen-bond donors (Lipinski definition) is 2. The van der Waals surface area contributed by atoms with Crippen LogP contribution in [0.1, 0.15) is 30.0 Å². The average Bonchev–Trinajstić information content (AvgIpc) is 2.34. The molecule has 0 saturated carbocycles. The minimum absolute atomic E-state index is 0. The number of ether oxygens (including phenoxy) is 1. The third kappa shape index (κ3) is 4.89. The van der Waals surface area contributed by atoms with E-state index in [0.29, 0.717) is 12.8 Å². The lowest BCUT2D eigenvalue weighted by molar-refractivity contribution is -0.138. The topological polar surface area (TPSA) is 55.5 Å². The number of benzene rings is 1. The van der Waals surface area contributed by atoms with E-state index in [1.54, 1.807) is 0 Å². The van der Waals surface area contributed by atoms with E-state index in [1.807, 2.05) is 0 Å². The first-order valence-corrected chi connectivity index (χ1v) is 5.51. The van der Waals surface area contributed by atoms with Crippen molar-refractivity contribution in [1.82, 2.24) is 0 Å². The van der Waals surface area contributed by atoms with Crippen LogP contribution >= 0.6 is 12.4 Å². The highest BCUT2D eigenvalue weighted by molar-refractivity contribution is 5.85. The van der Waals surface area contributed by atoms with E-state index in [4.69, 9.17) is 15.6 Å². The molecule has 0 aromatic heterocycles. The molecule has 0 radical (unpaired) electrons. The molecule has 0 fully saturated rings. The Bertz CT molecular complexity index is 399. The fourth-order valence-electron chi connectivity index (χ4n) is 1.70. The molecule has 1 aromatic carbocycles. The Morgan fingerprint density at radius 2 is 2.00 bits per heavy atom. The Balaban J connectivity index is 0.00000324. The highest BCUT2D eigenvalue weighted by atomic mass is 35.5. The van der Waals surface area contributed by atoms with E-state index in [9.17, 15) is 13.2 Å². The molecule has 0 heterocycles. The Morgan fingerprint density at radius 3 is 2.47 bits per heavy atom. The molecule has 0 aliphatic rings. The van der Waals surface area contributed by atoms with E-state index >= 15 is 0 Å². The molecule has 1 aromatic rings. The average molecular weight is 300 g/mol. The minimum Gasteiger partial charge on any atom is -0.497 e. The van der Waals surface area contributed by atoms with E-state index < -0.39 is 17.8 Å². The zero-order chi connectivity index (χ0) is 13.8. The smallest absolute Gasteiger partial charge is 0.416 e. The van der Waals surface area contributed by atoms with Crippen LogP contribution in [0.25, 0.3) is 0 Å². The van der Waals surface area contributed by atoms with Gasteiger partial charge in [0.1, 0.15) is 5.75 Å². The molecule has 19 heavy (non-hydrogen) atoms. The number of alkyl halides is 3. The summed E-state index contributed by atoms with van der Waals surface area (Å²) in [5.74, 6) is 0.139. The fraction of sp³-hybridized carbons (Fsp3) is 0.500. The van der Waals surface area contributed by atoms with Gasteiger partial charge in [0.25, 0.3) is 0 Å². The Labute approximate surface area is 116 Å². The van der Waals surface area contributed by atoms with Crippen LogP contribution in [0, 0.1) is 0 Å². The van der Waals surface area contributed by atoms with Crippen LogP contribution in [0.3, 0.4) is 0 Å². The Morgan fingerprint density at radius 1 is 1.37 bits per heavy atom. The molecular weight excluding hydrogens is 283 g/mol. The quantitative estimate of drug-likeness (QED) is 0.879. The van der Waals surface area contributed by atoms with Gasteiger partial charge in [0.15, 0.2) is 0 Å². The van der Waals surface area contributed by atoms with Crippen molar-refractivity contribution in [3.05, 3.63) is 29.3 Å². The number of methoxy groups -OCH3 is 1. The van der Waals surface area contributed by atoms with Gasteiger partial charge >= 0.3 is 6.18 Å². The van der Waals surface area contributed by atoms with Gasteiger partial charge in [0.2, 0.25) is 0 Å². The first kappa shape index (κ1) is 18.0. The van der Waals surface area contributed by atoms with Gasteiger partial charge in [-0.2, -0.15) is 13.2 Å². The van der Waals surface area contributed by atoms with Crippen molar-refractivity contribution in [2.45, 2.75) is 25.1 Å². The number of aliphatic hydroxyl groups excluding tert-OH is 1. The zero-order valence-electron chi connectivity index (χ0n) is 10.4. The van der Waals surface area contributed by atoms with Crippen molar-refractivity contribution in [2.24, 2.45) is 5.73 Å². The summed E-state index contributed by atoms with van der Waals surface area (Å²) in [5, 5.41) is 8.68. The van der Waals surface area contributed by atoms with Crippen LogP contribution < -0.4 is 10.5 Å². The van der Waals surface area contributed by atoms with E-state index in [-0.39, 0.29) is 30.3 Å². The lowest BCUT2D eigenvalue weighted by Gasteiger charge is -2.19. The number of hydrogen-bond acceptors (Lipinski definition) is 3. The van der Waals surface area contributed by atoms with Gasteiger partial charge in [-0.3, -0.25) is 0 Å². The maximum Gasteiger partial charge on any atom is 0.416 e. The summed E-state index contributed by atoms with van der Waals surface area (Å²) < 4.78 is 43.4. The number of aliphatic hydroxyl groups is 1. The molecule has 0 saturated heterocycles. The van der Waals surface area contributed by atoms with E-state index in [2.05, 4.69) is 0 Å². The molecule has 0 aliphatic heterocycles. The maximum atomic E-state index is 12.9. The van der Waals surface area contributed by atoms with Gasteiger partial charge in [-0.25, -0.2) is 0 Å². The SMILES string of the molecule is COc1ccc([C@@H](N)CCCO)c(C(F)(F)F)c1.Cl. The third-order valence-corrected chi connectivity index (χ3v) is 2.64. The van der Waals surface area contributed by atoms with Crippen molar-refractivity contribution in [1.29, 1.82) is 0 Å². The molecule has 1 atom stereocenters. The molecule has 0 unspecified atom stereocenters. The van der Waals surface area contributed by atoms with Gasteiger partial charge in [-0.15, -0.1) is 12.4 Å². The van der Waals surface area contributed by atoms with Crippen LogP contribution in [-0.2, 0) is 6.18 Å². The van der Waals surface area contributed by atoms with Crippen molar-refractivity contribution in [2.75, 3.05) is 13.7 Å². The second-order valence-corrected chi connectivity index (χ2v) is 3.92. The molecule has 7 heteroatoms. The first-order valence-electron chi connectivity index (χ1n) is 5.51. The minimum atomic E-state index is -4.47. The summed E-state index contributed by atoms with van der Waals surface area (Å²) in [6, 6.07) is 2.96. The van der Waals surface area contributed by atoms with Crippen molar-refractivity contribution < 1.29 is 23.0 Å². The monoisotopic (exact) mass is 299 g/mol. The van der Waals surface area contributed by atoms with Gasteiger partial charge in [-0.05, 0) is 30.5 Å². The highest BCUT2D eigenvalue weighted by Gasteiger charge is 2.35. The molecule has 110 valence electrons. The lowest BCUT2D eigenvalue weighted by Crippen LogP contribution is -2.18. The van der Waals surface area contributed by atoms with E-state index in [0.717, 1.165) is 6.07 Å². The molecule has 3 N–H and O–H groups in total. The normalized spacial score (nSPS) is 12.7. The van der Waals surface area contributed by atoms with Crippen LogP contribution in [0.5, 0.6) is 5.75 Å². The Kier molecular flexibility index (Phi) is 7.18. The van der Waals surface area contributed by atoms with Gasteiger partial charge < -0.3 is 15.6 Å². The Hall–Kier alpha value is -0.980. The summed E-state index contributed by atoms with van der Waals surface area (Å²) in [4.78, 5) is 0. The summed E-state index contributed by atoms with van der Waals surface area (Å²) >= 11 is 0. The van der Waals surface area contributed by atoms with Crippen molar-refractivity contribution >= 4 is 12.4 Å². The second-order valence-electron chi connectivity index (χ2n) is 3.92.